The van der Waals surface area contributed by atoms with Gasteiger partial charge in [-0.25, -0.2) is 0 Å². The number of halogens is 1. The Morgan fingerprint density at radius 1 is 1.18 bits per heavy atom. The summed E-state index contributed by atoms with van der Waals surface area (Å²) < 4.78 is 12.4. The van der Waals surface area contributed by atoms with Crippen LogP contribution in [0.2, 0.25) is 5.02 Å². The maximum Gasteiger partial charge on any atom is 0.243 e. The number of hydrogen-bond acceptors (Lipinski definition) is 6. The highest BCUT2D eigenvalue weighted by Gasteiger charge is 2.80. The van der Waals surface area contributed by atoms with Crippen molar-refractivity contribution in [3.05, 3.63) is 34.9 Å². The summed E-state index contributed by atoms with van der Waals surface area (Å²) in [5, 5.41) is 39.5. The number of benzene rings is 1. The van der Waals surface area contributed by atoms with E-state index in [1.165, 1.54) is 0 Å². The highest BCUT2D eigenvalue weighted by atomic mass is 35.5. The molecule has 0 spiro atoms. The molecule has 0 aliphatic carbocycles. The maximum absolute atomic E-state index is 10.2. The molecule has 1 aromatic carbocycles. The Hall–Kier alpha value is -2.59. The fraction of sp³-hybridized carbons (Fsp3) is 0.524. The predicted molar refractivity (Wildman–Crippen MR) is 102 cm³/mol. The van der Waals surface area contributed by atoms with Crippen molar-refractivity contribution < 1.29 is 9.47 Å². The number of rotatable bonds is 4. The second-order valence-electron chi connectivity index (χ2n) is 7.40. The highest BCUT2D eigenvalue weighted by molar-refractivity contribution is 6.30. The van der Waals surface area contributed by atoms with Crippen LogP contribution in [0.1, 0.15) is 39.2 Å². The lowest BCUT2D eigenvalue weighted by Crippen LogP contribution is -2.62. The fourth-order valence-corrected chi connectivity index (χ4v) is 4.95. The van der Waals surface area contributed by atoms with Gasteiger partial charge in [-0.1, -0.05) is 57.3 Å². The number of nitriles is 3. The minimum atomic E-state index is -1.85. The molecule has 2 aliphatic heterocycles. The van der Waals surface area contributed by atoms with E-state index in [0.29, 0.717) is 23.4 Å². The zero-order chi connectivity index (χ0) is 20.7. The molecular formula is C21H21ClN4O2. The largest absolute Gasteiger partial charge is 0.443 e. The van der Waals surface area contributed by atoms with E-state index in [4.69, 9.17) is 26.5 Å². The van der Waals surface area contributed by atoms with E-state index in [0.717, 1.165) is 0 Å². The Bertz CT molecular complexity index is 925. The molecule has 3 rings (SSSR count). The van der Waals surface area contributed by atoms with Crippen molar-refractivity contribution in [2.24, 2.45) is 22.7 Å². The van der Waals surface area contributed by atoms with Gasteiger partial charge in [-0.2, -0.15) is 15.8 Å². The van der Waals surface area contributed by atoms with Crippen LogP contribution in [-0.2, 0) is 15.3 Å². The fourth-order valence-electron chi connectivity index (χ4n) is 4.76. The summed E-state index contributed by atoms with van der Waals surface area (Å²) in [5.74, 6) is -2.78. The average molecular weight is 397 g/mol. The molecule has 1 N–H and O–H groups in total. The van der Waals surface area contributed by atoms with Crippen molar-refractivity contribution in [1.82, 2.24) is 0 Å². The van der Waals surface area contributed by atoms with Crippen molar-refractivity contribution >= 4 is 17.5 Å². The number of ether oxygens (including phenoxy) is 2. The van der Waals surface area contributed by atoms with Crippen LogP contribution >= 0.6 is 11.6 Å². The van der Waals surface area contributed by atoms with Crippen molar-refractivity contribution in [3.63, 3.8) is 0 Å². The summed E-state index contributed by atoms with van der Waals surface area (Å²) in [6, 6.07) is 13.2. The Morgan fingerprint density at radius 2 is 1.82 bits per heavy atom. The van der Waals surface area contributed by atoms with E-state index in [1.54, 1.807) is 31.2 Å². The molecule has 28 heavy (non-hydrogen) atoms. The lowest BCUT2D eigenvalue weighted by atomic mass is 9.52. The molecule has 144 valence electrons. The molecule has 0 radical (unpaired) electrons. The predicted octanol–water partition coefficient (Wildman–Crippen LogP) is 4.51. The summed E-state index contributed by atoms with van der Waals surface area (Å²) in [6.45, 7) is 5.60. The molecule has 1 aromatic rings. The topological polar surface area (TPSA) is 114 Å². The van der Waals surface area contributed by atoms with Crippen LogP contribution in [0.5, 0.6) is 0 Å². The molecule has 7 heteroatoms. The van der Waals surface area contributed by atoms with Gasteiger partial charge in [0.05, 0.1) is 30.2 Å². The second-order valence-corrected chi connectivity index (χ2v) is 7.83. The van der Waals surface area contributed by atoms with Crippen LogP contribution in [0, 0.1) is 62.1 Å². The second kappa shape index (κ2) is 6.78. The third-order valence-corrected chi connectivity index (χ3v) is 6.65. The van der Waals surface area contributed by atoms with Crippen molar-refractivity contribution in [2.45, 2.75) is 45.5 Å². The van der Waals surface area contributed by atoms with Crippen LogP contribution in [0.25, 0.3) is 0 Å². The average Bonchev–Trinajstić information content (AvgIpc) is 2.86. The van der Waals surface area contributed by atoms with Crippen LogP contribution < -0.4 is 0 Å². The van der Waals surface area contributed by atoms with Gasteiger partial charge in [-0.15, -0.1) is 0 Å². The van der Waals surface area contributed by atoms with Gasteiger partial charge in [-0.05, 0) is 18.1 Å². The van der Waals surface area contributed by atoms with Gasteiger partial charge in [0, 0.05) is 10.6 Å². The summed E-state index contributed by atoms with van der Waals surface area (Å²) in [4.78, 5) is 0. The zero-order valence-electron chi connectivity index (χ0n) is 16.0. The molecule has 4 atom stereocenters. The van der Waals surface area contributed by atoms with Crippen LogP contribution in [0.3, 0.4) is 0 Å². The molecule has 2 aliphatic rings. The quantitative estimate of drug-likeness (QED) is 0.803. The molecule has 6 nitrogen and oxygen atoms in total. The van der Waals surface area contributed by atoms with Gasteiger partial charge in [0.25, 0.3) is 0 Å². The summed E-state index contributed by atoms with van der Waals surface area (Å²) >= 11 is 6.18. The summed E-state index contributed by atoms with van der Waals surface area (Å²) in [5.41, 5.74) is -3.03. The first-order chi connectivity index (χ1) is 13.3. The molecule has 0 saturated carbocycles. The van der Waals surface area contributed by atoms with E-state index in [2.05, 4.69) is 18.2 Å². The van der Waals surface area contributed by atoms with E-state index in [1.807, 2.05) is 13.8 Å². The van der Waals surface area contributed by atoms with Gasteiger partial charge in [0.15, 0.2) is 10.8 Å². The van der Waals surface area contributed by atoms with Crippen molar-refractivity contribution in [3.8, 4) is 18.2 Å². The number of hydrogen-bond donors (Lipinski definition) is 1. The van der Waals surface area contributed by atoms with Crippen molar-refractivity contribution in [1.29, 1.82) is 21.2 Å². The molecular weight excluding hydrogens is 376 g/mol. The lowest BCUT2D eigenvalue weighted by Gasteiger charge is -2.50. The zero-order valence-corrected chi connectivity index (χ0v) is 16.7. The first-order valence-corrected chi connectivity index (χ1v) is 9.66. The Labute approximate surface area is 169 Å². The minimum absolute atomic E-state index is 0.160. The summed E-state index contributed by atoms with van der Waals surface area (Å²) in [6.07, 6.45) is 0.414. The SMILES string of the molecule is CCC(CC)C1OC2(c3cccc(Cl)c3)OC(=N)C(C#N)(C2C)C1(C#N)C#N. The van der Waals surface area contributed by atoms with Crippen molar-refractivity contribution in [2.75, 3.05) is 0 Å². The molecule has 2 saturated heterocycles. The normalized spacial score (nSPS) is 32.9. The molecule has 0 aromatic heterocycles. The minimum Gasteiger partial charge on any atom is -0.443 e. The Morgan fingerprint density at radius 3 is 2.32 bits per heavy atom. The van der Waals surface area contributed by atoms with E-state index >= 15 is 0 Å². The molecule has 4 unspecified atom stereocenters. The first-order valence-electron chi connectivity index (χ1n) is 9.29. The number of nitrogens with one attached hydrogen (secondary N) is 1. The smallest absolute Gasteiger partial charge is 0.243 e. The van der Waals surface area contributed by atoms with Gasteiger partial charge >= 0.3 is 0 Å². The Balaban J connectivity index is 2.35. The summed E-state index contributed by atoms with van der Waals surface area (Å²) in [7, 11) is 0. The highest BCUT2D eigenvalue weighted by Crippen LogP contribution is 2.66. The monoisotopic (exact) mass is 396 g/mol. The lowest BCUT2D eigenvalue weighted by molar-refractivity contribution is -0.296. The van der Waals surface area contributed by atoms with Gasteiger partial charge < -0.3 is 9.47 Å². The third kappa shape index (κ3) is 2.18. The van der Waals surface area contributed by atoms with E-state index < -0.39 is 34.5 Å². The van der Waals surface area contributed by atoms with Gasteiger partial charge in [0.2, 0.25) is 11.7 Å². The number of nitrogens with zero attached hydrogens (tertiary/aromatic N) is 3. The van der Waals surface area contributed by atoms with Crippen LogP contribution in [-0.4, -0.2) is 12.0 Å². The van der Waals surface area contributed by atoms with Gasteiger partial charge in [-0.3, -0.25) is 5.41 Å². The van der Waals surface area contributed by atoms with E-state index in [-0.39, 0.29) is 5.92 Å². The molecule has 2 bridgehead atoms. The maximum atomic E-state index is 10.2. The van der Waals surface area contributed by atoms with Gasteiger partial charge in [0.1, 0.15) is 0 Å². The first kappa shape index (κ1) is 20.2. The molecule has 0 amide bonds. The standard InChI is InChI=1S/C21H21ClN4O2/c1-4-14(5-2)17-19(10-23,11-24)20(12-25)13(3)21(27-17,28-18(20)26)15-7-6-8-16(22)9-15/h6-9,13-14,17,26H,4-5H2,1-3H3. The van der Waals surface area contributed by atoms with E-state index in [9.17, 15) is 15.8 Å². The molecule has 2 fully saturated rings. The third-order valence-electron chi connectivity index (χ3n) is 6.42. The van der Waals surface area contributed by atoms with Crippen LogP contribution in [0.4, 0.5) is 0 Å². The molecule has 2 heterocycles. The Kier molecular flexibility index (Phi) is 4.88. The van der Waals surface area contributed by atoms with Crippen LogP contribution in [0.15, 0.2) is 24.3 Å². The number of fused-ring (bicyclic) bond motifs is 2.